The van der Waals surface area contributed by atoms with Gasteiger partial charge in [0.1, 0.15) is 0 Å². The number of ether oxygens (including phenoxy) is 1. The molecule has 0 atom stereocenters. The number of Topliss-reactive ketones (excluding diaryl/α,β-unsaturated/α-hetero) is 1. The van der Waals surface area contributed by atoms with Crippen molar-refractivity contribution in [3.8, 4) is 6.01 Å². The summed E-state index contributed by atoms with van der Waals surface area (Å²) in [5, 5.41) is 0. The lowest BCUT2D eigenvalue weighted by molar-refractivity contribution is -0.121. The Bertz CT molecular complexity index is 402. The zero-order valence-electron chi connectivity index (χ0n) is 8.14. The van der Waals surface area contributed by atoms with Crippen LogP contribution in [0.15, 0.2) is 12.4 Å². The molecule has 6 nitrogen and oxygen atoms in total. The summed E-state index contributed by atoms with van der Waals surface area (Å²) < 4.78 is 4.79. The number of nitrogens with zero attached hydrogens (tertiary/aromatic N) is 3. The third kappa shape index (κ3) is 1.78. The summed E-state index contributed by atoms with van der Waals surface area (Å²) in [4.78, 5) is 31.5. The molecule has 0 aliphatic carbocycles. The van der Waals surface area contributed by atoms with E-state index in [4.69, 9.17) is 4.74 Å². The predicted octanol–water partition coefficient (Wildman–Crippen LogP) is -0.209. The molecule has 1 amide bonds. The lowest BCUT2D eigenvalue weighted by atomic mass is 10.3. The maximum absolute atomic E-state index is 11.4. The number of rotatable bonds is 2. The van der Waals surface area contributed by atoms with Gasteiger partial charge in [0.2, 0.25) is 5.91 Å². The van der Waals surface area contributed by atoms with Crippen molar-refractivity contribution in [2.24, 2.45) is 0 Å². The Balaban J connectivity index is 2.22. The van der Waals surface area contributed by atoms with E-state index in [0.717, 1.165) is 0 Å². The number of ketones is 1. The molecule has 1 aliphatic rings. The van der Waals surface area contributed by atoms with Gasteiger partial charge in [-0.2, -0.15) is 0 Å². The maximum Gasteiger partial charge on any atom is 0.316 e. The average molecular weight is 207 g/mol. The number of hydrogen-bond donors (Lipinski definition) is 0. The highest BCUT2D eigenvalue weighted by atomic mass is 16.5. The minimum Gasteiger partial charge on any atom is -0.467 e. The standard InChI is InChI=1S/C9H9N3O3/c1-15-9-10-3-6(4-11-9)12-5-7(13)2-8(12)14/h3-4H,2,5H2,1H3. The molecular formula is C9H9N3O3. The van der Waals surface area contributed by atoms with Crippen LogP contribution in [-0.4, -0.2) is 35.3 Å². The topological polar surface area (TPSA) is 72.4 Å². The van der Waals surface area contributed by atoms with Gasteiger partial charge in [0.25, 0.3) is 0 Å². The molecule has 6 heteroatoms. The van der Waals surface area contributed by atoms with Crippen molar-refractivity contribution in [2.75, 3.05) is 18.6 Å². The SMILES string of the molecule is COc1ncc(N2CC(=O)CC2=O)cn1. The van der Waals surface area contributed by atoms with E-state index in [1.54, 1.807) is 0 Å². The van der Waals surface area contributed by atoms with Crippen molar-refractivity contribution in [2.45, 2.75) is 6.42 Å². The second-order valence-corrected chi connectivity index (χ2v) is 3.12. The first-order chi connectivity index (χ1) is 7.20. The molecule has 2 heterocycles. The Morgan fingerprint density at radius 3 is 2.47 bits per heavy atom. The van der Waals surface area contributed by atoms with Gasteiger partial charge in [-0.25, -0.2) is 9.97 Å². The summed E-state index contributed by atoms with van der Waals surface area (Å²) in [6.07, 6.45) is 2.89. The summed E-state index contributed by atoms with van der Waals surface area (Å²) in [7, 11) is 1.46. The number of carbonyl (C=O) groups excluding carboxylic acids is 2. The van der Waals surface area contributed by atoms with Crippen LogP contribution < -0.4 is 9.64 Å². The zero-order chi connectivity index (χ0) is 10.8. The van der Waals surface area contributed by atoms with E-state index in [-0.39, 0.29) is 30.7 Å². The van der Waals surface area contributed by atoms with E-state index in [2.05, 4.69) is 9.97 Å². The normalized spacial score (nSPS) is 15.9. The Morgan fingerprint density at radius 1 is 1.33 bits per heavy atom. The largest absolute Gasteiger partial charge is 0.467 e. The number of anilines is 1. The van der Waals surface area contributed by atoms with E-state index < -0.39 is 0 Å². The van der Waals surface area contributed by atoms with Gasteiger partial charge in [0.05, 0.1) is 38.2 Å². The Kier molecular flexibility index (Phi) is 2.32. The zero-order valence-corrected chi connectivity index (χ0v) is 8.14. The smallest absolute Gasteiger partial charge is 0.316 e. The highest BCUT2D eigenvalue weighted by Gasteiger charge is 2.28. The predicted molar refractivity (Wildman–Crippen MR) is 50.6 cm³/mol. The quantitative estimate of drug-likeness (QED) is 0.627. The summed E-state index contributed by atoms with van der Waals surface area (Å²) in [5.74, 6) is -0.301. The first kappa shape index (κ1) is 9.57. The summed E-state index contributed by atoms with van der Waals surface area (Å²) in [6.45, 7) is 0.106. The third-order valence-electron chi connectivity index (χ3n) is 2.09. The molecule has 1 aromatic heterocycles. The fourth-order valence-electron chi connectivity index (χ4n) is 1.37. The summed E-state index contributed by atoms with van der Waals surface area (Å²) >= 11 is 0. The molecule has 15 heavy (non-hydrogen) atoms. The highest BCUT2D eigenvalue weighted by Crippen LogP contribution is 2.18. The molecule has 0 spiro atoms. The van der Waals surface area contributed by atoms with Crippen molar-refractivity contribution >= 4 is 17.4 Å². The lowest BCUT2D eigenvalue weighted by Gasteiger charge is -2.13. The van der Waals surface area contributed by atoms with Gasteiger partial charge in [-0.3, -0.25) is 9.59 Å². The molecule has 1 aromatic rings. The van der Waals surface area contributed by atoms with Crippen molar-refractivity contribution in [3.63, 3.8) is 0 Å². The average Bonchev–Trinajstić information content (AvgIpc) is 2.58. The minimum absolute atomic E-state index is 0.0357. The van der Waals surface area contributed by atoms with Gasteiger partial charge in [0.15, 0.2) is 5.78 Å². The number of methoxy groups -OCH3 is 1. The van der Waals surface area contributed by atoms with Crippen LogP contribution in [0.1, 0.15) is 6.42 Å². The lowest BCUT2D eigenvalue weighted by Crippen LogP contribution is -2.24. The highest BCUT2D eigenvalue weighted by molar-refractivity contribution is 6.14. The van der Waals surface area contributed by atoms with Gasteiger partial charge in [-0.1, -0.05) is 0 Å². The molecule has 1 aliphatic heterocycles. The van der Waals surface area contributed by atoms with Crippen LogP contribution in [0.4, 0.5) is 5.69 Å². The van der Waals surface area contributed by atoms with Crippen LogP contribution in [0.25, 0.3) is 0 Å². The molecule has 2 rings (SSSR count). The van der Waals surface area contributed by atoms with E-state index in [0.29, 0.717) is 5.69 Å². The van der Waals surface area contributed by atoms with Gasteiger partial charge in [-0.05, 0) is 0 Å². The van der Waals surface area contributed by atoms with Crippen LogP contribution in [-0.2, 0) is 9.59 Å². The van der Waals surface area contributed by atoms with Crippen LogP contribution in [0.3, 0.4) is 0 Å². The summed E-state index contributed by atoms with van der Waals surface area (Å²) in [6, 6.07) is 0.233. The second kappa shape index (κ2) is 3.64. The van der Waals surface area contributed by atoms with E-state index in [1.165, 1.54) is 24.4 Å². The van der Waals surface area contributed by atoms with Gasteiger partial charge in [-0.15, -0.1) is 0 Å². The Morgan fingerprint density at radius 2 is 2.00 bits per heavy atom. The molecule has 1 fully saturated rings. The minimum atomic E-state index is -0.214. The number of aromatic nitrogens is 2. The molecule has 0 bridgehead atoms. The van der Waals surface area contributed by atoms with Gasteiger partial charge < -0.3 is 9.64 Å². The first-order valence-electron chi connectivity index (χ1n) is 4.39. The van der Waals surface area contributed by atoms with Crippen LogP contribution in [0.2, 0.25) is 0 Å². The molecule has 0 N–H and O–H groups in total. The molecule has 0 aromatic carbocycles. The van der Waals surface area contributed by atoms with Crippen molar-refractivity contribution in [1.82, 2.24) is 9.97 Å². The molecule has 1 saturated heterocycles. The number of amides is 1. The van der Waals surface area contributed by atoms with Crippen molar-refractivity contribution in [3.05, 3.63) is 12.4 Å². The maximum atomic E-state index is 11.4. The van der Waals surface area contributed by atoms with E-state index >= 15 is 0 Å². The molecular weight excluding hydrogens is 198 g/mol. The van der Waals surface area contributed by atoms with E-state index in [1.807, 2.05) is 0 Å². The first-order valence-corrected chi connectivity index (χ1v) is 4.39. The van der Waals surface area contributed by atoms with Crippen LogP contribution >= 0.6 is 0 Å². The monoisotopic (exact) mass is 207 g/mol. The Labute approximate surface area is 85.9 Å². The fraction of sp³-hybridized carbons (Fsp3) is 0.333. The molecule has 0 saturated carbocycles. The molecule has 78 valence electrons. The van der Waals surface area contributed by atoms with Gasteiger partial charge >= 0.3 is 6.01 Å². The number of carbonyl (C=O) groups is 2. The van der Waals surface area contributed by atoms with Crippen molar-refractivity contribution in [1.29, 1.82) is 0 Å². The fourth-order valence-corrected chi connectivity index (χ4v) is 1.37. The van der Waals surface area contributed by atoms with Gasteiger partial charge in [0, 0.05) is 0 Å². The summed E-state index contributed by atoms with van der Waals surface area (Å²) in [5.41, 5.74) is 0.520. The second-order valence-electron chi connectivity index (χ2n) is 3.12. The van der Waals surface area contributed by atoms with Crippen LogP contribution in [0.5, 0.6) is 6.01 Å². The third-order valence-corrected chi connectivity index (χ3v) is 2.09. The van der Waals surface area contributed by atoms with Crippen LogP contribution in [0, 0.1) is 0 Å². The van der Waals surface area contributed by atoms with E-state index in [9.17, 15) is 9.59 Å². The van der Waals surface area contributed by atoms with Crippen molar-refractivity contribution < 1.29 is 14.3 Å². The number of hydrogen-bond acceptors (Lipinski definition) is 5. The molecule has 0 radical (unpaired) electrons. The molecule has 0 unspecified atom stereocenters. The Hall–Kier alpha value is -1.98.